The second kappa shape index (κ2) is 5.45. The molecule has 0 aliphatic rings. The van der Waals surface area contributed by atoms with E-state index >= 15 is 0 Å². The highest BCUT2D eigenvalue weighted by molar-refractivity contribution is 9.10. The summed E-state index contributed by atoms with van der Waals surface area (Å²) in [5, 5.41) is 14.2. The molecule has 0 aliphatic carbocycles. The van der Waals surface area contributed by atoms with Crippen molar-refractivity contribution in [3.8, 4) is 5.75 Å². The van der Waals surface area contributed by atoms with Crippen LogP contribution in [0.1, 0.15) is 0 Å². The molecule has 0 radical (unpaired) electrons. The van der Waals surface area contributed by atoms with Crippen LogP contribution in [0.2, 0.25) is 0 Å². The van der Waals surface area contributed by atoms with Crippen molar-refractivity contribution in [3.63, 3.8) is 0 Å². The summed E-state index contributed by atoms with van der Waals surface area (Å²) >= 11 is 3.36. The van der Waals surface area contributed by atoms with Crippen LogP contribution in [0.25, 0.3) is 0 Å². The van der Waals surface area contributed by atoms with Gasteiger partial charge < -0.3 is 21.0 Å². The van der Waals surface area contributed by atoms with Crippen molar-refractivity contribution in [2.45, 2.75) is 0 Å². The van der Waals surface area contributed by atoms with E-state index in [9.17, 15) is 0 Å². The Kier molecular flexibility index (Phi) is 4.23. The summed E-state index contributed by atoms with van der Waals surface area (Å²) in [5.74, 6) is 0.881. The maximum Gasteiger partial charge on any atom is 0.158 e. The SMILES string of the molecule is COc1ccc(NCC(N)=NO)cc1Br. The van der Waals surface area contributed by atoms with E-state index in [0.29, 0.717) is 0 Å². The lowest BCUT2D eigenvalue weighted by Gasteiger charge is -2.08. The van der Waals surface area contributed by atoms with Crippen molar-refractivity contribution in [2.75, 3.05) is 19.0 Å². The molecular weight excluding hydrogens is 262 g/mol. The van der Waals surface area contributed by atoms with Gasteiger partial charge in [-0.05, 0) is 34.1 Å². The van der Waals surface area contributed by atoms with E-state index in [4.69, 9.17) is 15.7 Å². The fourth-order valence-corrected chi connectivity index (χ4v) is 1.54. The Morgan fingerprint density at radius 1 is 1.67 bits per heavy atom. The van der Waals surface area contributed by atoms with Gasteiger partial charge in [0.25, 0.3) is 0 Å². The maximum absolute atomic E-state index is 8.34. The van der Waals surface area contributed by atoms with Gasteiger partial charge >= 0.3 is 0 Å². The van der Waals surface area contributed by atoms with Crippen molar-refractivity contribution in [1.82, 2.24) is 0 Å². The van der Waals surface area contributed by atoms with Gasteiger partial charge in [-0.2, -0.15) is 0 Å². The largest absolute Gasteiger partial charge is 0.496 e. The Hall–Kier alpha value is -1.43. The number of amidine groups is 1. The number of hydrogen-bond acceptors (Lipinski definition) is 4. The van der Waals surface area contributed by atoms with E-state index in [0.717, 1.165) is 15.9 Å². The zero-order valence-corrected chi connectivity index (χ0v) is 9.78. The van der Waals surface area contributed by atoms with Crippen LogP contribution in [0.3, 0.4) is 0 Å². The highest BCUT2D eigenvalue weighted by Gasteiger charge is 2.01. The fourth-order valence-electron chi connectivity index (χ4n) is 1.00. The molecule has 0 saturated heterocycles. The molecule has 5 nitrogen and oxygen atoms in total. The maximum atomic E-state index is 8.34. The van der Waals surface area contributed by atoms with Gasteiger partial charge in [0, 0.05) is 5.69 Å². The Labute approximate surface area is 96.0 Å². The Bertz CT molecular complexity index is 368. The summed E-state index contributed by atoms with van der Waals surface area (Å²) < 4.78 is 5.93. The Morgan fingerprint density at radius 3 is 2.93 bits per heavy atom. The quantitative estimate of drug-likeness (QED) is 0.337. The fraction of sp³-hybridized carbons (Fsp3) is 0.222. The van der Waals surface area contributed by atoms with Crippen LogP contribution in [-0.4, -0.2) is 24.7 Å². The van der Waals surface area contributed by atoms with Crippen LogP contribution in [0.15, 0.2) is 27.8 Å². The van der Waals surface area contributed by atoms with Gasteiger partial charge in [-0.3, -0.25) is 0 Å². The molecule has 4 N–H and O–H groups in total. The predicted molar refractivity (Wildman–Crippen MR) is 62.6 cm³/mol. The zero-order valence-electron chi connectivity index (χ0n) is 8.20. The number of hydrogen-bond donors (Lipinski definition) is 3. The number of rotatable bonds is 4. The molecule has 0 heterocycles. The highest BCUT2D eigenvalue weighted by atomic mass is 79.9. The second-order valence-corrected chi connectivity index (χ2v) is 3.65. The summed E-state index contributed by atoms with van der Waals surface area (Å²) in [6, 6.07) is 5.51. The number of methoxy groups -OCH3 is 1. The smallest absolute Gasteiger partial charge is 0.158 e. The molecule has 0 aromatic heterocycles. The second-order valence-electron chi connectivity index (χ2n) is 2.79. The van der Waals surface area contributed by atoms with E-state index in [1.165, 1.54) is 0 Å². The molecule has 82 valence electrons. The molecule has 1 aromatic rings. The van der Waals surface area contributed by atoms with Gasteiger partial charge in [0.1, 0.15) is 5.75 Å². The third-order valence-electron chi connectivity index (χ3n) is 1.75. The number of benzene rings is 1. The highest BCUT2D eigenvalue weighted by Crippen LogP contribution is 2.27. The molecule has 0 amide bonds. The molecule has 0 bridgehead atoms. The number of nitrogens with one attached hydrogen (secondary N) is 1. The molecule has 15 heavy (non-hydrogen) atoms. The summed E-state index contributed by atoms with van der Waals surface area (Å²) in [4.78, 5) is 0. The van der Waals surface area contributed by atoms with Gasteiger partial charge in [-0.1, -0.05) is 5.16 Å². The molecule has 1 rings (SSSR count). The number of oxime groups is 1. The molecule has 1 aromatic carbocycles. The van der Waals surface area contributed by atoms with Crippen LogP contribution in [-0.2, 0) is 0 Å². The van der Waals surface area contributed by atoms with E-state index in [1.807, 2.05) is 18.2 Å². The van der Waals surface area contributed by atoms with E-state index in [2.05, 4.69) is 26.4 Å². The van der Waals surface area contributed by atoms with Gasteiger partial charge in [-0.25, -0.2) is 0 Å². The number of ether oxygens (including phenoxy) is 1. The lowest BCUT2D eigenvalue weighted by atomic mass is 10.3. The molecule has 0 unspecified atom stereocenters. The number of nitrogens with two attached hydrogens (primary N) is 1. The van der Waals surface area contributed by atoms with E-state index < -0.39 is 0 Å². The first-order valence-electron chi connectivity index (χ1n) is 4.21. The number of halogens is 1. The van der Waals surface area contributed by atoms with Crippen molar-refractivity contribution in [2.24, 2.45) is 10.9 Å². The van der Waals surface area contributed by atoms with Gasteiger partial charge in [0.05, 0.1) is 18.1 Å². The van der Waals surface area contributed by atoms with Crippen molar-refractivity contribution in [1.29, 1.82) is 0 Å². The Morgan fingerprint density at radius 2 is 2.40 bits per heavy atom. The lowest BCUT2D eigenvalue weighted by molar-refractivity contribution is 0.317. The van der Waals surface area contributed by atoms with Crippen molar-refractivity contribution < 1.29 is 9.94 Å². The molecular formula is C9H12BrN3O2. The Balaban J connectivity index is 2.67. The zero-order chi connectivity index (χ0) is 11.3. The average molecular weight is 274 g/mol. The molecule has 0 spiro atoms. The lowest BCUT2D eigenvalue weighted by Crippen LogP contribution is -2.22. The minimum absolute atomic E-state index is 0.127. The van der Waals surface area contributed by atoms with E-state index in [1.54, 1.807) is 7.11 Å². The van der Waals surface area contributed by atoms with Crippen LogP contribution in [0.4, 0.5) is 5.69 Å². The summed E-state index contributed by atoms with van der Waals surface area (Å²) in [6.07, 6.45) is 0. The molecule has 0 fully saturated rings. The van der Waals surface area contributed by atoms with Crippen LogP contribution < -0.4 is 15.8 Å². The van der Waals surface area contributed by atoms with Crippen molar-refractivity contribution >= 4 is 27.5 Å². The average Bonchev–Trinajstić information content (AvgIpc) is 2.26. The predicted octanol–water partition coefficient (Wildman–Crippen LogP) is 1.62. The first kappa shape index (κ1) is 11.6. The van der Waals surface area contributed by atoms with Gasteiger partial charge in [-0.15, -0.1) is 0 Å². The van der Waals surface area contributed by atoms with E-state index in [-0.39, 0.29) is 12.4 Å². The molecule has 0 aliphatic heterocycles. The summed E-state index contributed by atoms with van der Waals surface area (Å²) in [6.45, 7) is 0.287. The van der Waals surface area contributed by atoms with Crippen LogP contribution >= 0.6 is 15.9 Å². The third kappa shape index (κ3) is 3.32. The number of anilines is 1. The molecule has 6 heteroatoms. The normalized spacial score (nSPS) is 11.2. The topological polar surface area (TPSA) is 79.9 Å². The van der Waals surface area contributed by atoms with Gasteiger partial charge in [0.2, 0.25) is 0 Å². The van der Waals surface area contributed by atoms with Crippen molar-refractivity contribution in [3.05, 3.63) is 22.7 Å². The first-order valence-corrected chi connectivity index (χ1v) is 5.00. The minimum atomic E-state index is 0.127. The monoisotopic (exact) mass is 273 g/mol. The molecule has 0 atom stereocenters. The summed E-state index contributed by atoms with van der Waals surface area (Å²) in [7, 11) is 1.60. The number of nitrogens with zero attached hydrogens (tertiary/aromatic N) is 1. The van der Waals surface area contributed by atoms with Crippen LogP contribution in [0.5, 0.6) is 5.75 Å². The standard InChI is InChI=1S/C9H12BrN3O2/c1-15-8-3-2-6(4-7(8)10)12-5-9(11)13-14/h2-4,12,14H,5H2,1H3,(H2,11,13). The first-order chi connectivity index (χ1) is 7.17. The third-order valence-corrected chi connectivity index (χ3v) is 2.37. The minimum Gasteiger partial charge on any atom is -0.496 e. The van der Waals surface area contributed by atoms with Crippen LogP contribution in [0, 0.1) is 0 Å². The molecule has 0 saturated carbocycles. The summed E-state index contributed by atoms with van der Waals surface area (Å²) in [5.41, 5.74) is 6.17. The van der Waals surface area contributed by atoms with Gasteiger partial charge in [0.15, 0.2) is 5.84 Å².